The molecular weight excluding hydrogens is 250 g/mol. The van der Waals surface area contributed by atoms with Crippen molar-refractivity contribution < 1.29 is 4.74 Å². The minimum Gasteiger partial charge on any atom is -0.439 e. The maximum Gasteiger partial charge on any atom is 0.227 e. The molecule has 1 heterocycles. The number of nitrogens with zero attached hydrogens (tertiary/aromatic N) is 2. The van der Waals surface area contributed by atoms with Crippen molar-refractivity contribution in [3.8, 4) is 11.6 Å². The molecule has 0 aliphatic rings. The number of nitrogen functional groups attached to an aromatic ring is 1. The summed E-state index contributed by atoms with van der Waals surface area (Å²) in [6.45, 7) is 10.0. The topological polar surface area (TPSA) is 61.0 Å². The van der Waals surface area contributed by atoms with Crippen LogP contribution in [0.25, 0.3) is 0 Å². The van der Waals surface area contributed by atoms with Gasteiger partial charge in [-0.2, -0.15) is 4.98 Å². The zero-order valence-corrected chi connectivity index (χ0v) is 12.7. The maximum atomic E-state index is 5.97. The van der Waals surface area contributed by atoms with E-state index in [1.165, 1.54) is 0 Å². The van der Waals surface area contributed by atoms with Crippen LogP contribution < -0.4 is 10.5 Å². The standard InChI is InChI=1S/C16H21N3O/c1-10-7-6-8-12(9-10)20-14-11(2)13(17)18-15(19-14)16(3,4)5/h6-9H,1-5H3,(H2,17,18,19). The van der Waals surface area contributed by atoms with Crippen LogP contribution in [0.4, 0.5) is 5.82 Å². The third-order valence-corrected chi connectivity index (χ3v) is 3.01. The lowest BCUT2D eigenvalue weighted by molar-refractivity contribution is 0.442. The molecule has 4 heteroatoms. The lowest BCUT2D eigenvalue weighted by atomic mass is 9.95. The molecule has 2 rings (SSSR count). The number of aromatic nitrogens is 2. The normalized spacial score (nSPS) is 11.4. The maximum absolute atomic E-state index is 5.97. The molecule has 0 bridgehead atoms. The Morgan fingerprint density at radius 1 is 1.10 bits per heavy atom. The molecule has 20 heavy (non-hydrogen) atoms. The molecule has 0 atom stereocenters. The second-order valence-corrected chi connectivity index (χ2v) is 6.03. The van der Waals surface area contributed by atoms with Crippen LogP contribution in [-0.4, -0.2) is 9.97 Å². The average Bonchev–Trinajstić information content (AvgIpc) is 2.33. The van der Waals surface area contributed by atoms with Crippen LogP contribution in [0.5, 0.6) is 11.6 Å². The Morgan fingerprint density at radius 2 is 1.80 bits per heavy atom. The van der Waals surface area contributed by atoms with Crippen molar-refractivity contribution in [1.29, 1.82) is 0 Å². The quantitative estimate of drug-likeness (QED) is 0.903. The lowest BCUT2D eigenvalue weighted by Crippen LogP contribution is -2.18. The first-order valence-electron chi connectivity index (χ1n) is 6.66. The third-order valence-electron chi connectivity index (χ3n) is 3.01. The van der Waals surface area contributed by atoms with Gasteiger partial charge in [0, 0.05) is 5.41 Å². The van der Waals surface area contributed by atoms with Gasteiger partial charge in [-0.1, -0.05) is 32.9 Å². The third kappa shape index (κ3) is 3.07. The Balaban J connectivity index is 2.43. The van der Waals surface area contributed by atoms with Crippen molar-refractivity contribution in [2.24, 2.45) is 0 Å². The van der Waals surface area contributed by atoms with E-state index < -0.39 is 0 Å². The van der Waals surface area contributed by atoms with Gasteiger partial charge in [-0.05, 0) is 31.5 Å². The summed E-state index contributed by atoms with van der Waals surface area (Å²) in [5.74, 6) is 2.43. The minimum absolute atomic E-state index is 0.174. The van der Waals surface area contributed by atoms with E-state index in [1.54, 1.807) is 0 Å². The number of rotatable bonds is 2. The number of ether oxygens (including phenoxy) is 1. The first-order valence-corrected chi connectivity index (χ1v) is 6.66. The predicted octanol–water partition coefficient (Wildman–Crippen LogP) is 3.77. The SMILES string of the molecule is Cc1cccc(Oc2nc(C(C)(C)C)nc(N)c2C)c1. The van der Waals surface area contributed by atoms with E-state index in [4.69, 9.17) is 10.5 Å². The first-order chi connectivity index (χ1) is 9.27. The summed E-state index contributed by atoms with van der Waals surface area (Å²) in [6, 6.07) is 7.85. The van der Waals surface area contributed by atoms with Gasteiger partial charge in [0.25, 0.3) is 0 Å². The summed E-state index contributed by atoms with van der Waals surface area (Å²) in [4.78, 5) is 8.87. The minimum atomic E-state index is -0.174. The van der Waals surface area contributed by atoms with Crippen molar-refractivity contribution in [2.45, 2.75) is 40.0 Å². The molecule has 0 aliphatic heterocycles. The van der Waals surface area contributed by atoms with Crippen LogP contribution in [0.15, 0.2) is 24.3 Å². The Kier molecular flexibility index (Phi) is 3.66. The Labute approximate surface area is 120 Å². The number of aryl methyl sites for hydroxylation is 1. The summed E-state index contributed by atoms with van der Waals surface area (Å²) in [7, 11) is 0. The molecule has 0 saturated carbocycles. The molecule has 0 amide bonds. The molecule has 1 aromatic heterocycles. The van der Waals surface area contributed by atoms with Crippen molar-refractivity contribution in [1.82, 2.24) is 9.97 Å². The molecule has 0 saturated heterocycles. The number of nitrogens with two attached hydrogens (primary N) is 1. The molecule has 106 valence electrons. The van der Waals surface area contributed by atoms with Crippen LogP contribution in [0.1, 0.15) is 37.7 Å². The zero-order chi connectivity index (χ0) is 14.9. The van der Waals surface area contributed by atoms with Gasteiger partial charge in [0.05, 0.1) is 5.56 Å². The van der Waals surface area contributed by atoms with Crippen LogP contribution in [0, 0.1) is 13.8 Å². The smallest absolute Gasteiger partial charge is 0.227 e. The Bertz CT molecular complexity index is 630. The van der Waals surface area contributed by atoms with Gasteiger partial charge in [0.15, 0.2) is 0 Å². The van der Waals surface area contributed by atoms with Gasteiger partial charge in [-0.3, -0.25) is 0 Å². The van der Waals surface area contributed by atoms with E-state index in [9.17, 15) is 0 Å². The first kappa shape index (κ1) is 14.3. The molecule has 2 aromatic rings. The molecule has 0 aliphatic carbocycles. The van der Waals surface area contributed by atoms with E-state index in [-0.39, 0.29) is 5.41 Å². The average molecular weight is 271 g/mol. The molecular formula is C16H21N3O. The van der Waals surface area contributed by atoms with Crippen molar-refractivity contribution >= 4 is 5.82 Å². The van der Waals surface area contributed by atoms with Crippen molar-refractivity contribution in [3.63, 3.8) is 0 Å². The van der Waals surface area contributed by atoms with Crippen LogP contribution in [0.2, 0.25) is 0 Å². The second kappa shape index (κ2) is 5.12. The molecule has 2 N–H and O–H groups in total. The zero-order valence-electron chi connectivity index (χ0n) is 12.7. The molecule has 0 radical (unpaired) electrons. The highest BCUT2D eigenvalue weighted by molar-refractivity contribution is 5.46. The van der Waals surface area contributed by atoms with Gasteiger partial charge in [-0.15, -0.1) is 0 Å². The van der Waals surface area contributed by atoms with Crippen LogP contribution in [0.3, 0.4) is 0 Å². The molecule has 4 nitrogen and oxygen atoms in total. The van der Waals surface area contributed by atoms with Gasteiger partial charge in [0.2, 0.25) is 5.88 Å². The van der Waals surface area contributed by atoms with E-state index in [1.807, 2.05) is 58.9 Å². The number of benzene rings is 1. The number of hydrogen-bond donors (Lipinski definition) is 1. The van der Waals surface area contributed by atoms with Crippen LogP contribution in [-0.2, 0) is 5.41 Å². The summed E-state index contributed by atoms with van der Waals surface area (Å²) >= 11 is 0. The van der Waals surface area contributed by atoms with E-state index in [0.717, 1.165) is 16.9 Å². The summed E-state index contributed by atoms with van der Waals surface area (Å²) < 4.78 is 5.88. The van der Waals surface area contributed by atoms with Crippen molar-refractivity contribution in [3.05, 3.63) is 41.2 Å². The fraction of sp³-hybridized carbons (Fsp3) is 0.375. The second-order valence-electron chi connectivity index (χ2n) is 6.03. The lowest BCUT2D eigenvalue weighted by Gasteiger charge is -2.19. The van der Waals surface area contributed by atoms with Gasteiger partial charge in [0.1, 0.15) is 17.4 Å². The summed E-state index contributed by atoms with van der Waals surface area (Å²) in [5, 5.41) is 0. The monoisotopic (exact) mass is 271 g/mol. The Morgan fingerprint density at radius 3 is 2.40 bits per heavy atom. The predicted molar refractivity (Wildman–Crippen MR) is 81.1 cm³/mol. The molecule has 0 spiro atoms. The van der Waals surface area contributed by atoms with Crippen molar-refractivity contribution in [2.75, 3.05) is 5.73 Å². The molecule has 0 fully saturated rings. The Hall–Kier alpha value is -2.10. The van der Waals surface area contributed by atoms with Crippen LogP contribution >= 0.6 is 0 Å². The highest BCUT2D eigenvalue weighted by Gasteiger charge is 2.21. The van der Waals surface area contributed by atoms with Gasteiger partial charge in [-0.25, -0.2) is 4.98 Å². The van der Waals surface area contributed by atoms with E-state index in [2.05, 4.69) is 9.97 Å². The number of anilines is 1. The largest absolute Gasteiger partial charge is 0.439 e. The van der Waals surface area contributed by atoms with Gasteiger partial charge < -0.3 is 10.5 Å². The molecule has 1 aromatic carbocycles. The number of hydrogen-bond acceptors (Lipinski definition) is 4. The molecule has 0 unspecified atom stereocenters. The summed E-state index contributed by atoms with van der Waals surface area (Å²) in [5.41, 5.74) is 7.70. The van der Waals surface area contributed by atoms with Gasteiger partial charge >= 0.3 is 0 Å². The van der Waals surface area contributed by atoms with E-state index in [0.29, 0.717) is 17.5 Å². The summed E-state index contributed by atoms with van der Waals surface area (Å²) in [6.07, 6.45) is 0. The highest BCUT2D eigenvalue weighted by atomic mass is 16.5. The fourth-order valence-corrected chi connectivity index (χ4v) is 1.74. The highest BCUT2D eigenvalue weighted by Crippen LogP contribution is 2.29. The fourth-order valence-electron chi connectivity index (χ4n) is 1.74. The van der Waals surface area contributed by atoms with E-state index >= 15 is 0 Å².